The SMILES string of the molecule is CC(C)NC(=O)CN1CCN(C)C1. The van der Waals surface area contributed by atoms with E-state index in [-0.39, 0.29) is 11.9 Å². The molecule has 0 aromatic rings. The molecule has 1 aliphatic rings. The molecular weight excluding hydrogens is 166 g/mol. The second kappa shape index (κ2) is 4.58. The van der Waals surface area contributed by atoms with Gasteiger partial charge in [0, 0.05) is 19.1 Å². The zero-order valence-electron chi connectivity index (χ0n) is 8.71. The van der Waals surface area contributed by atoms with Crippen LogP contribution >= 0.6 is 0 Å². The summed E-state index contributed by atoms with van der Waals surface area (Å²) in [4.78, 5) is 15.7. The maximum Gasteiger partial charge on any atom is 0.234 e. The van der Waals surface area contributed by atoms with Crippen molar-refractivity contribution in [2.24, 2.45) is 0 Å². The molecule has 4 nitrogen and oxygen atoms in total. The fraction of sp³-hybridized carbons (Fsp3) is 0.889. The predicted molar refractivity (Wildman–Crippen MR) is 52.3 cm³/mol. The molecule has 0 spiro atoms. The molecule has 76 valence electrons. The fourth-order valence-electron chi connectivity index (χ4n) is 1.49. The molecule has 4 heteroatoms. The highest BCUT2D eigenvalue weighted by Crippen LogP contribution is 2.00. The van der Waals surface area contributed by atoms with Crippen LogP contribution in [0.4, 0.5) is 0 Å². The molecule has 1 N–H and O–H groups in total. The number of carbonyl (C=O) groups excluding carboxylic acids is 1. The van der Waals surface area contributed by atoms with Crippen molar-refractivity contribution in [1.82, 2.24) is 15.1 Å². The van der Waals surface area contributed by atoms with Gasteiger partial charge in [-0.05, 0) is 20.9 Å². The number of nitrogens with zero attached hydrogens (tertiary/aromatic N) is 2. The summed E-state index contributed by atoms with van der Waals surface area (Å²) in [5.41, 5.74) is 0. The van der Waals surface area contributed by atoms with E-state index >= 15 is 0 Å². The molecule has 1 rings (SSSR count). The molecular formula is C9H19N3O. The molecule has 0 aromatic carbocycles. The van der Waals surface area contributed by atoms with Crippen LogP contribution in [0.2, 0.25) is 0 Å². The normalized spacial score (nSPS) is 19.7. The van der Waals surface area contributed by atoms with E-state index < -0.39 is 0 Å². The predicted octanol–water partition coefficient (Wildman–Crippen LogP) is -0.284. The van der Waals surface area contributed by atoms with Crippen molar-refractivity contribution in [1.29, 1.82) is 0 Å². The lowest BCUT2D eigenvalue weighted by Gasteiger charge is -2.16. The Bertz CT molecular complexity index is 182. The summed E-state index contributed by atoms with van der Waals surface area (Å²) in [6.07, 6.45) is 0. The van der Waals surface area contributed by atoms with Crippen molar-refractivity contribution in [3.8, 4) is 0 Å². The number of likely N-dealkylation sites (N-methyl/N-ethyl adjacent to an activating group) is 1. The first-order chi connectivity index (χ1) is 6.08. The first-order valence-electron chi connectivity index (χ1n) is 4.78. The highest BCUT2D eigenvalue weighted by Gasteiger charge is 2.18. The maximum atomic E-state index is 11.3. The molecule has 1 saturated heterocycles. The average molecular weight is 185 g/mol. The van der Waals surface area contributed by atoms with E-state index in [1.807, 2.05) is 13.8 Å². The highest BCUT2D eigenvalue weighted by atomic mass is 16.2. The van der Waals surface area contributed by atoms with Gasteiger partial charge in [-0.25, -0.2) is 0 Å². The molecule has 0 atom stereocenters. The molecule has 0 saturated carbocycles. The summed E-state index contributed by atoms with van der Waals surface area (Å²) in [5, 5.41) is 2.89. The second-order valence-electron chi connectivity index (χ2n) is 4.00. The number of rotatable bonds is 3. The van der Waals surface area contributed by atoms with Crippen molar-refractivity contribution in [2.75, 3.05) is 33.4 Å². The number of hydrogen-bond acceptors (Lipinski definition) is 3. The van der Waals surface area contributed by atoms with E-state index in [1.165, 1.54) is 0 Å². The molecule has 1 aliphatic heterocycles. The minimum atomic E-state index is 0.130. The van der Waals surface area contributed by atoms with Gasteiger partial charge < -0.3 is 5.32 Å². The third-order valence-corrected chi connectivity index (χ3v) is 2.06. The minimum Gasteiger partial charge on any atom is -0.353 e. The van der Waals surface area contributed by atoms with Crippen LogP contribution in [0.1, 0.15) is 13.8 Å². The third kappa shape index (κ3) is 3.74. The zero-order valence-corrected chi connectivity index (χ0v) is 8.71. The third-order valence-electron chi connectivity index (χ3n) is 2.06. The monoisotopic (exact) mass is 185 g/mol. The van der Waals surface area contributed by atoms with Gasteiger partial charge in [-0.15, -0.1) is 0 Å². The van der Waals surface area contributed by atoms with E-state index in [1.54, 1.807) is 0 Å². The van der Waals surface area contributed by atoms with Crippen LogP contribution in [-0.4, -0.2) is 55.1 Å². The van der Waals surface area contributed by atoms with Crippen LogP contribution in [-0.2, 0) is 4.79 Å². The number of carbonyl (C=O) groups is 1. The van der Waals surface area contributed by atoms with Gasteiger partial charge in [0.2, 0.25) is 5.91 Å². The van der Waals surface area contributed by atoms with E-state index in [9.17, 15) is 4.79 Å². The maximum absolute atomic E-state index is 11.3. The molecule has 1 heterocycles. The van der Waals surface area contributed by atoms with Gasteiger partial charge in [0.05, 0.1) is 13.2 Å². The molecule has 1 amide bonds. The first-order valence-corrected chi connectivity index (χ1v) is 4.78. The van der Waals surface area contributed by atoms with Crippen molar-refractivity contribution in [3.63, 3.8) is 0 Å². The van der Waals surface area contributed by atoms with Gasteiger partial charge in [0.1, 0.15) is 0 Å². The summed E-state index contributed by atoms with van der Waals surface area (Å²) in [5.74, 6) is 0.130. The van der Waals surface area contributed by atoms with Gasteiger partial charge in [-0.2, -0.15) is 0 Å². The van der Waals surface area contributed by atoms with Crippen molar-refractivity contribution in [2.45, 2.75) is 19.9 Å². The molecule has 0 aliphatic carbocycles. The Morgan fingerprint density at radius 3 is 2.62 bits per heavy atom. The lowest BCUT2D eigenvalue weighted by atomic mass is 10.4. The van der Waals surface area contributed by atoms with Crippen LogP contribution < -0.4 is 5.32 Å². The quantitative estimate of drug-likeness (QED) is 0.656. The largest absolute Gasteiger partial charge is 0.353 e. The summed E-state index contributed by atoms with van der Waals surface area (Å²) < 4.78 is 0. The number of amides is 1. The fourth-order valence-corrected chi connectivity index (χ4v) is 1.49. The van der Waals surface area contributed by atoms with Crippen LogP contribution in [0.5, 0.6) is 0 Å². The molecule has 13 heavy (non-hydrogen) atoms. The van der Waals surface area contributed by atoms with E-state index in [2.05, 4.69) is 22.2 Å². The Labute approximate surface area is 79.9 Å². The molecule has 0 bridgehead atoms. The topological polar surface area (TPSA) is 35.6 Å². The van der Waals surface area contributed by atoms with Gasteiger partial charge in [0.25, 0.3) is 0 Å². The first kappa shape index (κ1) is 10.5. The lowest BCUT2D eigenvalue weighted by molar-refractivity contribution is -0.122. The average Bonchev–Trinajstić information content (AvgIpc) is 2.33. The summed E-state index contributed by atoms with van der Waals surface area (Å²) >= 11 is 0. The van der Waals surface area contributed by atoms with Gasteiger partial charge in [0.15, 0.2) is 0 Å². The van der Waals surface area contributed by atoms with Gasteiger partial charge in [-0.3, -0.25) is 14.6 Å². The van der Waals surface area contributed by atoms with E-state index in [4.69, 9.17) is 0 Å². The highest BCUT2D eigenvalue weighted by molar-refractivity contribution is 5.78. The minimum absolute atomic E-state index is 0.130. The summed E-state index contributed by atoms with van der Waals surface area (Å²) in [7, 11) is 2.07. The van der Waals surface area contributed by atoms with Gasteiger partial charge in [-0.1, -0.05) is 0 Å². The number of hydrogen-bond donors (Lipinski definition) is 1. The Balaban J connectivity index is 2.21. The Hall–Kier alpha value is -0.610. The molecule has 0 unspecified atom stereocenters. The zero-order chi connectivity index (χ0) is 9.84. The number of nitrogens with one attached hydrogen (secondary N) is 1. The van der Waals surface area contributed by atoms with Crippen LogP contribution in [0.25, 0.3) is 0 Å². The Kier molecular flexibility index (Phi) is 3.69. The van der Waals surface area contributed by atoms with Crippen molar-refractivity contribution < 1.29 is 4.79 Å². The van der Waals surface area contributed by atoms with Crippen molar-refractivity contribution >= 4 is 5.91 Å². The lowest BCUT2D eigenvalue weighted by Crippen LogP contribution is -2.39. The smallest absolute Gasteiger partial charge is 0.234 e. The van der Waals surface area contributed by atoms with E-state index in [0.717, 1.165) is 19.8 Å². The van der Waals surface area contributed by atoms with E-state index in [0.29, 0.717) is 6.54 Å². The van der Waals surface area contributed by atoms with Crippen LogP contribution in [0, 0.1) is 0 Å². The summed E-state index contributed by atoms with van der Waals surface area (Å²) in [6.45, 7) is 7.47. The van der Waals surface area contributed by atoms with Gasteiger partial charge >= 0.3 is 0 Å². The standard InChI is InChI=1S/C9H19N3O/c1-8(2)10-9(13)6-12-5-4-11(3)7-12/h8H,4-7H2,1-3H3,(H,10,13). The van der Waals surface area contributed by atoms with Crippen LogP contribution in [0.3, 0.4) is 0 Å². The van der Waals surface area contributed by atoms with Crippen LogP contribution in [0.15, 0.2) is 0 Å². The second-order valence-corrected chi connectivity index (χ2v) is 4.00. The Morgan fingerprint density at radius 2 is 2.15 bits per heavy atom. The summed E-state index contributed by atoms with van der Waals surface area (Å²) in [6, 6.07) is 0.243. The molecule has 0 radical (unpaired) electrons. The van der Waals surface area contributed by atoms with Crippen molar-refractivity contribution in [3.05, 3.63) is 0 Å². The Morgan fingerprint density at radius 1 is 1.46 bits per heavy atom. The molecule has 1 fully saturated rings. The molecule has 0 aromatic heterocycles.